The summed E-state index contributed by atoms with van der Waals surface area (Å²) in [6, 6.07) is 6.23. The van der Waals surface area contributed by atoms with Gasteiger partial charge in [0.25, 0.3) is 0 Å². The number of hydrogen-bond acceptors (Lipinski definition) is 3. The molecule has 0 saturated carbocycles. The lowest BCUT2D eigenvalue weighted by Crippen LogP contribution is -2.10. The van der Waals surface area contributed by atoms with Gasteiger partial charge in [-0.3, -0.25) is 4.68 Å². The summed E-state index contributed by atoms with van der Waals surface area (Å²) in [6.45, 7) is 1.53. The smallest absolute Gasteiger partial charge is 0.124 e. The summed E-state index contributed by atoms with van der Waals surface area (Å²) < 4.78 is 5.11. The topological polar surface area (TPSA) is 48.5 Å². The highest BCUT2D eigenvalue weighted by molar-refractivity contribution is 14.1. The van der Waals surface area contributed by atoms with Crippen LogP contribution in [-0.4, -0.2) is 24.5 Å². The number of nitrogens with zero attached hydrogens (tertiary/aromatic N) is 5. The molecule has 7 heteroatoms. The van der Waals surface area contributed by atoms with Crippen molar-refractivity contribution < 1.29 is 0 Å². The predicted molar refractivity (Wildman–Crippen MR) is 82.0 cm³/mol. The van der Waals surface area contributed by atoms with Gasteiger partial charge in [-0.1, -0.05) is 5.21 Å². The zero-order valence-corrected chi connectivity index (χ0v) is 12.9. The average Bonchev–Trinajstić information content (AvgIpc) is 3.02. The molecular weight excluding hydrogens is 377 g/mol. The number of fused-ring (bicyclic) bond motifs is 1. The Bertz CT molecular complexity index is 692. The van der Waals surface area contributed by atoms with Crippen molar-refractivity contribution in [1.82, 2.24) is 24.5 Å². The number of imidazole rings is 1. The molecule has 5 nitrogen and oxygen atoms in total. The number of alkyl halides is 1. The molecule has 0 amide bonds. The van der Waals surface area contributed by atoms with Crippen molar-refractivity contribution in [2.45, 2.75) is 19.0 Å². The van der Waals surface area contributed by atoms with E-state index >= 15 is 0 Å². The highest BCUT2D eigenvalue weighted by Gasteiger charge is 2.10. The summed E-state index contributed by atoms with van der Waals surface area (Å²) in [7, 11) is 0. The molecule has 3 aromatic rings. The third-order valence-corrected chi connectivity index (χ3v) is 3.84. The van der Waals surface area contributed by atoms with Gasteiger partial charge in [0.05, 0.1) is 29.7 Å². The lowest BCUT2D eigenvalue weighted by molar-refractivity contribution is 0.519. The van der Waals surface area contributed by atoms with Gasteiger partial charge in [0, 0.05) is 16.3 Å². The van der Waals surface area contributed by atoms with Gasteiger partial charge in [0.2, 0.25) is 0 Å². The molecule has 0 aliphatic rings. The molecule has 0 saturated heterocycles. The van der Waals surface area contributed by atoms with E-state index in [1.54, 1.807) is 10.9 Å². The molecule has 0 radical (unpaired) electrons. The second kappa shape index (κ2) is 5.46. The van der Waals surface area contributed by atoms with Crippen molar-refractivity contribution in [2.75, 3.05) is 0 Å². The van der Waals surface area contributed by atoms with Crippen LogP contribution in [-0.2, 0) is 19.0 Å². The molecule has 0 spiro atoms. The Balaban J connectivity index is 1.96. The van der Waals surface area contributed by atoms with E-state index in [1.165, 1.54) is 3.57 Å². The molecule has 2 aromatic heterocycles. The van der Waals surface area contributed by atoms with Gasteiger partial charge in [0.15, 0.2) is 0 Å². The Morgan fingerprint density at radius 2 is 2.16 bits per heavy atom. The first kappa shape index (κ1) is 12.9. The molecule has 0 fully saturated rings. The van der Waals surface area contributed by atoms with Crippen molar-refractivity contribution in [3.63, 3.8) is 0 Å². The maximum absolute atomic E-state index is 5.98. The van der Waals surface area contributed by atoms with Crippen LogP contribution in [0.2, 0.25) is 0 Å². The van der Waals surface area contributed by atoms with Gasteiger partial charge in [-0.15, -0.1) is 16.7 Å². The molecular formula is C12H11ClIN5. The minimum absolute atomic E-state index is 0.405. The van der Waals surface area contributed by atoms with E-state index < -0.39 is 0 Å². The molecule has 19 heavy (non-hydrogen) atoms. The number of halogens is 2. The summed E-state index contributed by atoms with van der Waals surface area (Å²) in [5, 5.41) is 7.76. The highest BCUT2D eigenvalue weighted by Crippen LogP contribution is 2.20. The molecule has 0 aliphatic heterocycles. The molecule has 0 aliphatic carbocycles. The fourth-order valence-electron chi connectivity index (χ4n) is 2.06. The Kier molecular flexibility index (Phi) is 3.69. The lowest BCUT2D eigenvalue weighted by atomic mass is 10.3. The summed E-state index contributed by atoms with van der Waals surface area (Å²) in [5.74, 6) is 1.29. The van der Waals surface area contributed by atoms with Crippen molar-refractivity contribution in [1.29, 1.82) is 0 Å². The largest absolute Gasteiger partial charge is 0.325 e. The molecule has 98 valence electrons. The average molecular weight is 388 g/mol. The lowest BCUT2D eigenvalue weighted by Gasteiger charge is -2.07. The Morgan fingerprint density at radius 1 is 1.26 bits per heavy atom. The Labute approximate surface area is 128 Å². The normalized spacial score (nSPS) is 11.3. The summed E-state index contributed by atoms with van der Waals surface area (Å²) in [5.41, 5.74) is 2.09. The maximum atomic E-state index is 5.98. The fourth-order valence-corrected chi connectivity index (χ4v) is 2.74. The molecule has 0 atom stereocenters. The van der Waals surface area contributed by atoms with Crippen LogP contribution in [0.25, 0.3) is 11.0 Å². The minimum Gasteiger partial charge on any atom is -0.325 e. The quantitative estimate of drug-likeness (QED) is 0.511. The van der Waals surface area contributed by atoms with Crippen LogP contribution in [0.15, 0.2) is 30.6 Å². The van der Waals surface area contributed by atoms with Gasteiger partial charge in [-0.25, -0.2) is 4.98 Å². The monoisotopic (exact) mass is 387 g/mol. The first-order chi connectivity index (χ1) is 9.28. The standard InChI is InChI=1S/C12H11ClIN5/c13-8-12-16-10-7-9(14)1-2-11(10)19(12)6-5-18-4-3-15-17-18/h1-4,7H,5-6,8H2. The maximum Gasteiger partial charge on any atom is 0.124 e. The van der Waals surface area contributed by atoms with E-state index in [2.05, 4.69) is 60.7 Å². The van der Waals surface area contributed by atoms with Gasteiger partial charge >= 0.3 is 0 Å². The second-order valence-corrected chi connectivity index (χ2v) is 5.63. The van der Waals surface area contributed by atoms with E-state index in [0.29, 0.717) is 5.88 Å². The van der Waals surface area contributed by atoms with E-state index in [1.807, 2.05) is 6.20 Å². The third kappa shape index (κ3) is 2.59. The molecule has 0 unspecified atom stereocenters. The number of aromatic nitrogens is 5. The molecule has 3 rings (SSSR count). The van der Waals surface area contributed by atoms with Gasteiger partial charge in [-0.2, -0.15) is 0 Å². The summed E-state index contributed by atoms with van der Waals surface area (Å²) in [4.78, 5) is 4.57. The first-order valence-corrected chi connectivity index (χ1v) is 7.44. The number of rotatable bonds is 4. The van der Waals surface area contributed by atoms with E-state index in [-0.39, 0.29) is 0 Å². The van der Waals surface area contributed by atoms with Crippen molar-refractivity contribution in [3.05, 3.63) is 40.0 Å². The van der Waals surface area contributed by atoms with Crippen LogP contribution >= 0.6 is 34.2 Å². The van der Waals surface area contributed by atoms with Crippen LogP contribution < -0.4 is 0 Å². The molecule has 0 N–H and O–H groups in total. The van der Waals surface area contributed by atoms with Crippen LogP contribution in [0, 0.1) is 3.57 Å². The summed E-state index contributed by atoms with van der Waals surface area (Å²) >= 11 is 8.27. The molecule has 2 heterocycles. The number of hydrogen-bond donors (Lipinski definition) is 0. The van der Waals surface area contributed by atoms with Crippen LogP contribution in [0.4, 0.5) is 0 Å². The SMILES string of the molecule is ClCc1nc2cc(I)ccc2n1CCn1ccnn1. The number of aryl methyl sites for hydroxylation is 2. The van der Waals surface area contributed by atoms with E-state index in [9.17, 15) is 0 Å². The van der Waals surface area contributed by atoms with Crippen molar-refractivity contribution in [2.24, 2.45) is 0 Å². The predicted octanol–water partition coefficient (Wildman–Crippen LogP) is 2.67. The van der Waals surface area contributed by atoms with Crippen molar-refractivity contribution >= 4 is 45.2 Å². The Hall–Kier alpha value is -1.15. The van der Waals surface area contributed by atoms with Crippen LogP contribution in [0.3, 0.4) is 0 Å². The highest BCUT2D eigenvalue weighted by atomic mass is 127. The van der Waals surface area contributed by atoms with Gasteiger partial charge < -0.3 is 4.57 Å². The third-order valence-electron chi connectivity index (χ3n) is 2.93. The van der Waals surface area contributed by atoms with E-state index in [0.717, 1.165) is 29.9 Å². The minimum atomic E-state index is 0.405. The van der Waals surface area contributed by atoms with E-state index in [4.69, 9.17) is 11.6 Å². The zero-order valence-electron chi connectivity index (χ0n) is 10.0. The number of benzene rings is 1. The second-order valence-electron chi connectivity index (χ2n) is 4.11. The van der Waals surface area contributed by atoms with Gasteiger partial charge in [-0.05, 0) is 40.8 Å². The summed E-state index contributed by atoms with van der Waals surface area (Å²) in [6.07, 6.45) is 3.53. The Morgan fingerprint density at radius 3 is 2.89 bits per heavy atom. The molecule has 1 aromatic carbocycles. The first-order valence-electron chi connectivity index (χ1n) is 5.82. The fraction of sp³-hybridized carbons (Fsp3) is 0.250. The van der Waals surface area contributed by atoms with Crippen LogP contribution in [0.1, 0.15) is 5.82 Å². The van der Waals surface area contributed by atoms with Gasteiger partial charge in [0.1, 0.15) is 5.82 Å². The molecule has 0 bridgehead atoms. The van der Waals surface area contributed by atoms with Crippen molar-refractivity contribution in [3.8, 4) is 0 Å². The van der Waals surface area contributed by atoms with Crippen LogP contribution in [0.5, 0.6) is 0 Å². The zero-order chi connectivity index (χ0) is 13.2.